The van der Waals surface area contributed by atoms with Crippen molar-refractivity contribution >= 4 is 43.2 Å². The molecule has 0 atom stereocenters. The van der Waals surface area contributed by atoms with E-state index in [1.807, 2.05) is 48.7 Å². The van der Waals surface area contributed by atoms with Crippen molar-refractivity contribution in [2.24, 2.45) is 0 Å². The van der Waals surface area contributed by atoms with Crippen molar-refractivity contribution in [2.45, 2.75) is 0 Å². The lowest BCUT2D eigenvalue weighted by molar-refractivity contribution is 1.22. The highest BCUT2D eigenvalue weighted by atomic mass is 32.1. The summed E-state index contributed by atoms with van der Waals surface area (Å²) in [4.78, 5) is 18.5. The van der Waals surface area contributed by atoms with Gasteiger partial charge in [0.2, 0.25) is 0 Å². The fourth-order valence-corrected chi connectivity index (χ4v) is 4.63. The maximum absolute atomic E-state index is 4.71. The lowest BCUT2D eigenvalue weighted by atomic mass is 10.0. The standard InChI is InChI=1S/C24H14N4S/c1-2-6-17-15(5-1)9-11-19-22(17)23(27-14-26-19)16-10-12-20(25-13-16)24-28-18-7-3-4-8-21(18)29-24/h1-14H. The van der Waals surface area contributed by atoms with Crippen LogP contribution < -0.4 is 0 Å². The van der Waals surface area contributed by atoms with E-state index in [4.69, 9.17) is 9.97 Å². The normalized spacial score (nSPS) is 11.4. The number of nitrogens with zero attached hydrogens (tertiary/aromatic N) is 4. The van der Waals surface area contributed by atoms with Crippen molar-refractivity contribution in [1.82, 2.24) is 19.9 Å². The van der Waals surface area contributed by atoms with Gasteiger partial charge in [-0.1, -0.05) is 42.5 Å². The molecule has 0 saturated heterocycles. The van der Waals surface area contributed by atoms with Crippen LogP contribution in [-0.2, 0) is 0 Å². The minimum atomic E-state index is 0.873. The Hall–Kier alpha value is -3.70. The maximum atomic E-state index is 4.71. The van der Waals surface area contributed by atoms with E-state index in [9.17, 15) is 0 Å². The fraction of sp³-hybridized carbons (Fsp3) is 0. The van der Waals surface area contributed by atoms with E-state index in [-0.39, 0.29) is 0 Å². The molecular weight excluding hydrogens is 376 g/mol. The van der Waals surface area contributed by atoms with Gasteiger partial charge < -0.3 is 0 Å². The molecule has 0 N–H and O–H groups in total. The Kier molecular flexibility index (Phi) is 3.61. The molecule has 0 aliphatic carbocycles. The van der Waals surface area contributed by atoms with Gasteiger partial charge in [-0.05, 0) is 41.1 Å². The van der Waals surface area contributed by atoms with Gasteiger partial charge in [-0.15, -0.1) is 11.3 Å². The van der Waals surface area contributed by atoms with Crippen LogP contribution in [0.2, 0.25) is 0 Å². The molecule has 0 radical (unpaired) electrons. The summed E-state index contributed by atoms with van der Waals surface area (Å²) in [6.07, 6.45) is 3.50. The summed E-state index contributed by atoms with van der Waals surface area (Å²) in [5.41, 5.74) is 4.68. The van der Waals surface area contributed by atoms with Crippen LogP contribution in [0.25, 0.3) is 53.9 Å². The Labute approximate surface area is 170 Å². The van der Waals surface area contributed by atoms with Crippen molar-refractivity contribution in [3.8, 4) is 22.0 Å². The molecule has 6 rings (SSSR count). The van der Waals surface area contributed by atoms with Gasteiger partial charge in [0.25, 0.3) is 0 Å². The van der Waals surface area contributed by atoms with Crippen LogP contribution in [0.1, 0.15) is 0 Å². The molecule has 3 aromatic heterocycles. The van der Waals surface area contributed by atoms with Crippen LogP contribution >= 0.6 is 11.3 Å². The molecule has 3 heterocycles. The summed E-state index contributed by atoms with van der Waals surface area (Å²) in [7, 11) is 0. The molecule has 0 bridgehead atoms. The van der Waals surface area contributed by atoms with Crippen LogP contribution in [0.3, 0.4) is 0 Å². The highest BCUT2D eigenvalue weighted by Gasteiger charge is 2.12. The van der Waals surface area contributed by atoms with E-state index < -0.39 is 0 Å². The number of para-hydroxylation sites is 1. The SMILES string of the molecule is c1ccc2c(c1)ccc1ncnc(-c3ccc(-c4nc5ccccc5s4)nc3)c12. The van der Waals surface area contributed by atoms with Crippen molar-refractivity contribution in [3.05, 3.63) is 85.3 Å². The first-order valence-corrected chi connectivity index (χ1v) is 10.1. The van der Waals surface area contributed by atoms with Crippen molar-refractivity contribution in [1.29, 1.82) is 0 Å². The summed E-state index contributed by atoms with van der Waals surface area (Å²) < 4.78 is 1.17. The third-order valence-electron chi connectivity index (χ3n) is 5.08. The van der Waals surface area contributed by atoms with Crippen LogP contribution in [0, 0.1) is 0 Å². The highest BCUT2D eigenvalue weighted by molar-refractivity contribution is 7.21. The summed E-state index contributed by atoms with van der Waals surface area (Å²) in [5, 5.41) is 4.31. The lowest BCUT2D eigenvalue weighted by Gasteiger charge is -2.08. The zero-order valence-corrected chi connectivity index (χ0v) is 16.1. The molecule has 136 valence electrons. The largest absolute Gasteiger partial charge is 0.253 e. The van der Waals surface area contributed by atoms with Gasteiger partial charge in [-0.3, -0.25) is 4.98 Å². The predicted octanol–water partition coefficient (Wildman–Crippen LogP) is 6.12. The molecule has 0 spiro atoms. The first kappa shape index (κ1) is 16.3. The van der Waals surface area contributed by atoms with Gasteiger partial charge in [0.1, 0.15) is 11.3 Å². The molecule has 0 aliphatic rings. The Balaban J connectivity index is 1.50. The van der Waals surface area contributed by atoms with Gasteiger partial charge >= 0.3 is 0 Å². The molecule has 29 heavy (non-hydrogen) atoms. The van der Waals surface area contributed by atoms with Gasteiger partial charge in [-0.2, -0.15) is 0 Å². The number of thiazole rings is 1. The summed E-state index contributed by atoms with van der Waals surface area (Å²) in [6.45, 7) is 0. The lowest BCUT2D eigenvalue weighted by Crippen LogP contribution is -1.92. The van der Waals surface area contributed by atoms with Crippen LogP contribution in [0.5, 0.6) is 0 Å². The Bertz CT molecular complexity index is 1470. The minimum absolute atomic E-state index is 0.873. The monoisotopic (exact) mass is 390 g/mol. The molecule has 0 unspecified atom stereocenters. The van der Waals surface area contributed by atoms with E-state index in [0.717, 1.165) is 43.8 Å². The molecule has 5 heteroatoms. The zero-order valence-electron chi connectivity index (χ0n) is 15.3. The maximum Gasteiger partial charge on any atom is 0.143 e. The third kappa shape index (κ3) is 2.67. The fourth-order valence-electron chi connectivity index (χ4n) is 3.69. The van der Waals surface area contributed by atoms with Crippen molar-refractivity contribution in [2.75, 3.05) is 0 Å². The first-order chi connectivity index (χ1) is 14.4. The van der Waals surface area contributed by atoms with E-state index >= 15 is 0 Å². The van der Waals surface area contributed by atoms with Crippen LogP contribution in [-0.4, -0.2) is 19.9 Å². The minimum Gasteiger partial charge on any atom is -0.253 e. The number of fused-ring (bicyclic) bond motifs is 4. The second-order valence-electron chi connectivity index (χ2n) is 6.82. The average Bonchev–Trinajstić information content (AvgIpc) is 3.23. The van der Waals surface area contributed by atoms with Gasteiger partial charge in [0.15, 0.2) is 0 Å². The molecule has 0 aliphatic heterocycles. The molecule has 0 fully saturated rings. The Morgan fingerprint density at radius 1 is 0.690 bits per heavy atom. The number of pyridine rings is 1. The summed E-state index contributed by atoms with van der Waals surface area (Å²) in [6, 6.07) is 24.7. The number of hydrogen-bond donors (Lipinski definition) is 0. The predicted molar refractivity (Wildman–Crippen MR) is 119 cm³/mol. The third-order valence-corrected chi connectivity index (χ3v) is 6.14. The summed E-state index contributed by atoms with van der Waals surface area (Å²) >= 11 is 1.66. The number of benzene rings is 3. The molecule has 4 nitrogen and oxygen atoms in total. The van der Waals surface area contributed by atoms with Crippen molar-refractivity contribution in [3.63, 3.8) is 0 Å². The van der Waals surface area contributed by atoms with E-state index in [1.165, 1.54) is 10.1 Å². The quantitative estimate of drug-likeness (QED) is 0.334. The van der Waals surface area contributed by atoms with Crippen LogP contribution in [0.4, 0.5) is 0 Å². The number of aromatic nitrogens is 4. The Morgan fingerprint density at radius 2 is 1.59 bits per heavy atom. The Morgan fingerprint density at radius 3 is 2.48 bits per heavy atom. The molecule has 0 saturated carbocycles. The van der Waals surface area contributed by atoms with E-state index in [0.29, 0.717) is 0 Å². The zero-order chi connectivity index (χ0) is 19.2. The highest BCUT2D eigenvalue weighted by Crippen LogP contribution is 2.33. The van der Waals surface area contributed by atoms with Crippen molar-refractivity contribution < 1.29 is 0 Å². The molecular formula is C24H14N4S. The second kappa shape index (κ2) is 6.43. The van der Waals surface area contributed by atoms with Gasteiger partial charge in [-0.25, -0.2) is 15.0 Å². The topological polar surface area (TPSA) is 51.6 Å². The van der Waals surface area contributed by atoms with Gasteiger partial charge in [0.05, 0.1) is 27.1 Å². The smallest absolute Gasteiger partial charge is 0.143 e. The molecule has 3 aromatic carbocycles. The number of rotatable bonds is 2. The van der Waals surface area contributed by atoms with E-state index in [1.54, 1.807) is 17.7 Å². The molecule has 6 aromatic rings. The van der Waals surface area contributed by atoms with Crippen LogP contribution in [0.15, 0.2) is 85.3 Å². The molecule has 0 amide bonds. The summed E-state index contributed by atoms with van der Waals surface area (Å²) in [5.74, 6) is 0. The number of hydrogen-bond acceptors (Lipinski definition) is 5. The second-order valence-corrected chi connectivity index (χ2v) is 7.85. The van der Waals surface area contributed by atoms with Gasteiger partial charge in [0, 0.05) is 17.1 Å². The van der Waals surface area contributed by atoms with E-state index in [2.05, 4.69) is 40.3 Å². The average molecular weight is 390 g/mol. The first-order valence-electron chi connectivity index (χ1n) is 9.32.